The zero-order chi connectivity index (χ0) is 22.0. The van der Waals surface area contributed by atoms with Crippen LogP contribution in [-0.2, 0) is 0 Å². The summed E-state index contributed by atoms with van der Waals surface area (Å²) in [6, 6.07) is 8.98. The lowest BCUT2D eigenvalue weighted by Crippen LogP contribution is -2.25. The molecule has 6 nitrogen and oxygen atoms in total. The average Bonchev–Trinajstić information content (AvgIpc) is 2.80. The molecule has 0 aliphatic heterocycles. The highest BCUT2D eigenvalue weighted by Crippen LogP contribution is 2.41. The summed E-state index contributed by atoms with van der Waals surface area (Å²) in [4.78, 5) is 18.1. The van der Waals surface area contributed by atoms with Gasteiger partial charge in [-0.05, 0) is 53.9 Å². The second-order valence-electron chi connectivity index (χ2n) is 7.56. The van der Waals surface area contributed by atoms with Crippen molar-refractivity contribution in [3.05, 3.63) is 61.6 Å². The van der Waals surface area contributed by atoms with Crippen LogP contribution in [0.15, 0.2) is 44.7 Å². The highest BCUT2D eigenvalue weighted by atomic mass is 79.9. The second kappa shape index (κ2) is 9.40. The molecule has 0 amide bonds. The van der Waals surface area contributed by atoms with Gasteiger partial charge < -0.3 is 9.84 Å². The topological polar surface area (TPSA) is 76.7 Å². The first-order valence-corrected chi connectivity index (χ1v) is 11.6. The summed E-state index contributed by atoms with van der Waals surface area (Å²) in [5.41, 5.74) is 1.07. The Morgan fingerprint density at radius 1 is 1.32 bits per heavy atom. The van der Waals surface area contributed by atoms with Crippen molar-refractivity contribution >= 4 is 44.6 Å². The van der Waals surface area contributed by atoms with Crippen LogP contribution in [0.5, 0.6) is 11.5 Å². The van der Waals surface area contributed by atoms with E-state index in [-0.39, 0.29) is 28.0 Å². The molecule has 1 saturated carbocycles. The number of halogens is 2. The van der Waals surface area contributed by atoms with Crippen molar-refractivity contribution in [3.63, 3.8) is 0 Å². The minimum atomic E-state index is -0.201. The molecule has 31 heavy (non-hydrogen) atoms. The largest absolute Gasteiger partial charge is 0.503 e. The van der Waals surface area contributed by atoms with Gasteiger partial charge in [0, 0.05) is 16.0 Å². The van der Waals surface area contributed by atoms with Crippen LogP contribution in [0.4, 0.5) is 0 Å². The Kier molecular flexibility index (Phi) is 6.62. The second-order valence-corrected chi connectivity index (χ2v) is 8.73. The van der Waals surface area contributed by atoms with Crippen LogP contribution in [0.3, 0.4) is 0 Å². The van der Waals surface area contributed by atoms with Crippen LogP contribution < -0.4 is 10.3 Å². The molecular formula is C23H23BrClN3O3. The van der Waals surface area contributed by atoms with Crippen molar-refractivity contribution in [3.8, 4) is 11.5 Å². The van der Waals surface area contributed by atoms with E-state index in [1.807, 2.05) is 25.1 Å². The molecule has 0 bridgehead atoms. The van der Waals surface area contributed by atoms with Crippen LogP contribution in [0.1, 0.15) is 56.3 Å². The number of fused-ring (bicyclic) bond motifs is 1. The molecule has 0 spiro atoms. The van der Waals surface area contributed by atoms with Crippen LogP contribution in [0, 0.1) is 0 Å². The molecule has 1 heterocycles. The third kappa shape index (κ3) is 4.34. The molecule has 162 valence electrons. The number of para-hydroxylation sites is 1. The third-order valence-electron chi connectivity index (χ3n) is 5.54. The van der Waals surface area contributed by atoms with E-state index in [1.165, 1.54) is 11.1 Å². The lowest BCUT2D eigenvalue weighted by molar-refractivity contribution is 0.318. The number of phenols is 1. The summed E-state index contributed by atoms with van der Waals surface area (Å²) in [6.45, 7) is 2.20. The summed E-state index contributed by atoms with van der Waals surface area (Å²) in [6.07, 6.45) is 6.97. The number of phenolic OH excluding ortho intramolecular Hbond substituents is 1. The summed E-state index contributed by atoms with van der Waals surface area (Å²) in [5.74, 6) is 0.994. The highest BCUT2D eigenvalue weighted by molar-refractivity contribution is 9.10. The summed E-state index contributed by atoms with van der Waals surface area (Å²) in [5, 5.41) is 15.4. The summed E-state index contributed by atoms with van der Waals surface area (Å²) >= 11 is 9.65. The fourth-order valence-corrected chi connectivity index (χ4v) is 4.58. The van der Waals surface area contributed by atoms with E-state index in [0.717, 1.165) is 25.7 Å². The Hall–Kier alpha value is -2.38. The fourth-order valence-electron chi connectivity index (χ4n) is 3.97. The Bertz CT molecular complexity index is 1200. The maximum absolute atomic E-state index is 13.3. The van der Waals surface area contributed by atoms with Crippen molar-refractivity contribution in [1.82, 2.24) is 9.66 Å². The molecule has 0 saturated heterocycles. The zero-order valence-corrected chi connectivity index (χ0v) is 19.5. The van der Waals surface area contributed by atoms with Crippen molar-refractivity contribution in [1.29, 1.82) is 0 Å². The highest BCUT2D eigenvalue weighted by Gasteiger charge is 2.22. The van der Waals surface area contributed by atoms with Gasteiger partial charge in [0.2, 0.25) is 0 Å². The molecule has 0 radical (unpaired) electrons. The predicted molar refractivity (Wildman–Crippen MR) is 127 cm³/mol. The summed E-state index contributed by atoms with van der Waals surface area (Å²) in [7, 11) is 0. The van der Waals surface area contributed by atoms with Crippen molar-refractivity contribution < 1.29 is 9.84 Å². The Labute approximate surface area is 193 Å². The van der Waals surface area contributed by atoms with E-state index in [4.69, 9.17) is 21.3 Å². The van der Waals surface area contributed by atoms with E-state index in [9.17, 15) is 9.90 Å². The lowest BCUT2D eigenvalue weighted by Gasteiger charge is -2.22. The maximum atomic E-state index is 13.3. The average molecular weight is 505 g/mol. The van der Waals surface area contributed by atoms with Gasteiger partial charge in [0.1, 0.15) is 10.8 Å². The van der Waals surface area contributed by atoms with E-state index in [1.54, 1.807) is 18.3 Å². The van der Waals surface area contributed by atoms with Gasteiger partial charge >= 0.3 is 0 Å². The molecule has 8 heteroatoms. The van der Waals surface area contributed by atoms with Crippen LogP contribution in [0.2, 0.25) is 5.02 Å². The van der Waals surface area contributed by atoms with Gasteiger partial charge in [-0.15, -0.1) is 0 Å². The van der Waals surface area contributed by atoms with E-state index < -0.39 is 0 Å². The Morgan fingerprint density at radius 2 is 2.06 bits per heavy atom. The monoisotopic (exact) mass is 503 g/mol. The first kappa shape index (κ1) is 21.8. The normalized spacial score (nSPS) is 15.1. The van der Waals surface area contributed by atoms with E-state index >= 15 is 0 Å². The Balaban J connectivity index is 1.85. The van der Waals surface area contributed by atoms with E-state index in [0.29, 0.717) is 33.4 Å². The van der Waals surface area contributed by atoms with E-state index in [2.05, 4.69) is 21.0 Å². The van der Waals surface area contributed by atoms with Gasteiger partial charge in [0.05, 0.1) is 23.7 Å². The summed E-state index contributed by atoms with van der Waals surface area (Å²) < 4.78 is 7.35. The first-order valence-electron chi connectivity index (χ1n) is 10.4. The van der Waals surface area contributed by atoms with Gasteiger partial charge in [-0.25, -0.2) is 4.98 Å². The number of ether oxygens (including phenoxy) is 1. The molecule has 1 aromatic heterocycles. The minimum Gasteiger partial charge on any atom is -0.503 e. The molecule has 1 aliphatic carbocycles. The molecule has 3 aromatic rings. The zero-order valence-electron chi connectivity index (χ0n) is 17.1. The maximum Gasteiger partial charge on any atom is 0.282 e. The quantitative estimate of drug-likeness (QED) is 0.442. The molecule has 1 N–H and O–H groups in total. The van der Waals surface area contributed by atoms with Gasteiger partial charge in [0.15, 0.2) is 11.5 Å². The van der Waals surface area contributed by atoms with Crippen LogP contribution in [-0.4, -0.2) is 27.6 Å². The number of rotatable bonds is 5. The first-order chi connectivity index (χ1) is 15.0. The molecule has 1 aliphatic rings. The fraction of sp³-hybridized carbons (Fsp3) is 0.348. The predicted octanol–water partition coefficient (Wildman–Crippen LogP) is 5.85. The molecule has 2 aromatic carbocycles. The number of nitrogens with zero attached hydrogens (tertiary/aromatic N) is 3. The number of aromatic hydroxyl groups is 1. The van der Waals surface area contributed by atoms with Crippen molar-refractivity contribution in [2.24, 2.45) is 5.10 Å². The molecule has 1 fully saturated rings. The van der Waals surface area contributed by atoms with Crippen molar-refractivity contribution in [2.75, 3.05) is 6.61 Å². The number of hydrogen-bond acceptors (Lipinski definition) is 5. The standard InChI is InChI=1S/C23H23BrClN3O3/c1-2-31-18-12-15(19(24)20(25)21(18)29)13-26-28-22(14-8-4-3-5-9-14)27-17-11-7-6-10-16(17)23(28)30/h6-7,10-14,29H,2-5,8-9H2,1H3. The minimum absolute atomic E-state index is 0.129. The van der Waals surface area contributed by atoms with Crippen LogP contribution >= 0.6 is 27.5 Å². The lowest BCUT2D eigenvalue weighted by atomic mass is 9.88. The number of aromatic nitrogens is 2. The number of hydrogen-bond donors (Lipinski definition) is 1. The third-order valence-corrected chi connectivity index (χ3v) is 6.99. The van der Waals surface area contributed by atoms with Crippen LogP contribution in [0.25, 0.3) is 10.9 Å². The molecule has 4 rings (SSSR count). The van der Waals surface area contributed by atoms with Gasteiger partial charge in [0.25, 0.3) is 5.56 Å². The smallest absolute Gasteiger partial charge is 0.282 e. The van der Waals surface area contributed by atoms with Gasteiger partial charge in [-0.3, -0.25) is 4.79 Å². The van der Waals surface area contributed by atoms with Gasteiger partial charge in [-0.2, -0.15) is 9.78 Å². The SMILES string of the molecule is CCOc1cc(C=Nn2c(C3CCCCC3)nc3ccccc3c2=O)c(Br)c(Cl)c1O. The van der Waals surface area contributed by atoms with Gasteiger partial charge in [-0.1, -0.05) is 43.0 Å². The Morgan fingerprint density at radius 3 is 2.81 bits per heavy atom. The molecule has 0 unspecified atom stereocenters. The number of benzene rings is 2. The molecule has 0 atom stereocenters. The molecular weight excluding hydrogens is 482 g/mol. The van der Waals surface area contributed by atoms with Crippen molar-refractivity contribution in [2.45, 2.75) is 44.9 Å².